The molecule has 6 heterocycles. The van der Waals surface area contributed by atoms with Crippen LogP contribution >= 0.6 is 0 Å². The zero-order valence-electron chi connectivity index (χ0n) is 22.4. The number of hydrogen-bond acceptors (Lipinski definition) is 7. The highest BCUT2D eigenvalue weighted by atomic mass is 16.5. The second-order valence-electron chi connectivity index (χ2n) is 10.6. The van der Waals surface area contributed by atoms with Crippen molar-refractivity contribution in [2.45, 2.75) is 52.0 Å². The average Bonchev–Trinajstić information content (AvgIpc) is 3.56. The fourth-order valence-corrected chi connectivity index (χ4v) is 6.22. The number of nitrogens with zero attached hydrogens (tertiary/aromatic N) is 6. The van der Waals surface area contributed by atoms with Crippen LogP contribution in [0.25, 0.3) is 11.1 Å². The quantitative estimate of drug-likeness (QED) is 0.399. The molecule has 0 atom stereocenters. The Morgan fingerprint density at radius 3 is 2.83 bits per heavy atom. The molecule has 0 unspecified atom stereocenters. The predicted molar refractivity (Wildman–Crippen MR) is 149 cm³/mol. The van der Waals surface area contributed by atoms with Crippen molar-refractivity contribution in [3.8, 4) is 11.1 Å². The number of aromatic nitrogens is 5. The van der Waals surface area contributed by atoms with Gasteiger partial charge >= 0.3 is 0 Å². The number of aliphatic hydroxyl groups is 1. The summed E-state index contributed by atoms with van der Waals surface area (Å²) in [5, 5.41) is 18.3. The summed E-state index contributed by atoms with van der Waals surface area (Å²) in [6, 6.07) is 7.48. The van der Waals surface area contributed by atoms with Crippen LogP contribution in [0.5, 0.6) is 0 Å². The number of amides is 1. The van der Waals surface area contributed by atoms with Crippen LogP contribution in [0.1, 0.15) is 45.8 Å². The van der Waals surface area contributed by atoms with E-state index >= 15 is 0 Å². The molecule has 11 nitrogen and oxygen atoms in total. The van der Waals surface area contributed by atoms with Crippen LogP contribution in [0.4, 0.5) is 17.3 Å². The second kappa shape index (κ2) is 9.76. The molecule has 0 fully saturated rings. The number of anilines is 3. The molecule has 40 heavy (non-hydrogen) atoms. The lowest BCUT2D eigenvalue weighted by molar-refractivity contribution is 0.0801. The van der Waals surface area contributed by atoms with Crippen molar-refractivity contribution >= 4 is 23.2 Å². The third-order valence-electron chi connectivity index (χ3n) is 8.18. The summed E-state index contributed by atoms with van der Waals surface area (Å²) in [5.41, 5.74) is 6.31. The van der Waals surface area contributed by atoms with Crippen LogP contribution in [0.15, 0.2) is 41.5 Å². The van der Waals surface area contributed by atoms with Gasteiger partial charge in [0.05, 0.1) is 32.1 Å². The fourth-order valence-electron chi connectivity index (χ4n) is 6.22. The topological polar surface area (TPSA) is 119 Å². The number of hydrogen-bond donors (Lipinski definition) is 2. The molecule has 0 saturated carbocycles. The van der Waals surface area contributed by atoms with Gasteiger partial charge in [-0.05, 0) is 55.0 Å². The predicted octanol–water partition coefficient (Wildman–Crippen LogP) is 2.75. The largest absolute Gasteiger partial charge is 0.392 e. The van der Waals surface area contributed by atoms with Gasteiger partial charge in [-0.1, -0.05) is 0 Å². The van der Waals surface area contributed by atoms with Crippen molar-refractivity contribution < 1.29 is 14.6 Å². The van der Waals surface area contributed by atoms with Gasteiger partial charge in [-0.2, -0.15) is 5.10 Å². The number of carbonyl (C=O) groups is 1. The van der Waals surface area contributed by atoms with Gasteiger partial charge in [0.2, 0.25) is 0 Å². The first kappa shape index (κ1) is 24.8. The number of fused-ring (bicyclic) bond motifs is 4. The van der Waals surface area contributed by atoms with Gasteiger partial charge in [0.1, 0.15) is 17.2 Å². The summed E-state index contributed by atoms with van der Waals surface area (Å²) in [7, 11) is 1.69. The van der Waals surface area contributed by atoms with Crippen LogP contribution in [-0.2, 0) is 50.9 Å². The summed E-state index contributed by atoms with van der Waals surface area (Å²) in [6.45, 7) is 2.62. The fraction of sp³-hybridized carbons (Fsp3) is 0.379. The van der Waals surface area contributed by atoms with Gasteiger partial charge in [0.15, 0.2) is 5.82 Å². The Morgan fingerprint density at radius 2 is 1.98 bits per heavy atom. The normalized spacial score (nSPS) is 16.4. The molecule has 11 heteroatoms. The van der Waals surface area contributed by atoms with E-state index in [1.165, 1.54) is 15.8 Å². The van der Waals surface area contributed by atoms with Crippen LogP contribution in [0.2, 0.25) is 0 Å². The van der Waals surface area contributed by atoms with Crippen molar-refractivity contribution in [2.24, 2.45) is 7.05 Å². The van der Waals surface area contributed by atoms with E-state index in [0.29, 0.717) is 72.6 Å². The highest BCUT2D eigenvalue weighted by Gasteiger charge is 2.32. The van der Waals surface area contributed by atoms with E-state index in [9.17, 15) is 14.7 Å². The minimum atomic E-state index is -0.306. The number of nitrogens with one attached hydrogen (secondary N) is 1. The van der Waals surface area contributed by atoms with Crippen molar-refractivity contribution in [1.29, 1.82) is 0 Å². The number of ether oxygens (including phenoxy) is 1. The van der Waals surface area contributed by atoms with Gasteiger partial charge in [0.25, 0.3) is 11.5 Å². The average molecular weight is 542 g/mol. The van der Waals surface area contributed by atoms with E-state index in [1.807, 2.05) is 16.8 Å². The maximum atomic E-state index is 13.7. The monoisotopic (exact) mass is 541 g/mol. The number of carbonyl (C=O) groups excluding carboxylic acids is 1. The molecular formula is C29H31N7O4. The Balaban J connectivity index is 1.25. The third kappa shape index (κ3) is 4.04. The van der Waals surface area contributed by atoms with Crippen LogP contribution in [-0.4, -0.2) is 48.1 Å². The first-order valence-electron chi connectivity index (χ1n) is 13.8. The van der Waals surface area contributed by atoms with Crippen molar-refractivity contribution in [3.63, 3.8) is 0 Å². The molecule has 2 N–H and O–H groups in total. The molecule has 1 amide bonds. The molecule has 1 aliphatic carbocycles. The van der Waals surface area contributed by atoms with Gasteiger partial charge in [-0.3, -0.25) is 19.2 Å². The zero-order chi connectivity index (χ0) is 27.4. The molecular weight excluding hydrogens is 510 g/mol. The van der Waals surface area contributed by atoms with Gasteiger partial charge in [-0.25, -0.2) is 4.98 Å². The summed E-state index contributed by atoms with van der Waals surface area (Å²) in [5.74, 6) is 0.910. The van der Waals surface area contributed by atoms with Crippen LogP contribution < -0.4 is 15.8 Å². The van der Waals surface area contributed by atoms with E-state index in [2.05, 4.69) is 20.0 Å². The summed E-state index contributed by atoms with van der Waals surface area (Å²) < 4.78 is 11.0. The van der Waals surface area contributed by atoms with Crippen molar-refractivity contribution in [2.75, 3.05) is 23.4 Å². The van der Waals surface area contributed by atoms with Gasteiger partial charge in [0, 0.05) is 55.4 Å². The van der Waals surface area contributed by atoms with E-state index in [4.69, 9.17) is 4.74 Å². The Labute approximate surface area is 230 Å². The summed E-state index contributed by atoms with van der Waals surface area (Å²) in [4.78, 5) is 33.0. The Morgan fingerprint density at radius 1 is 1.10 bits per heavy atom. The van der Waals surface area contributed by atoms with Crippen LogP contribution in [0.3, 0.4) is 0 Å². The van der Waals surface area contributed by atoms with E-state index in [-0.39, 0.29) is 18.1 Å². The van der Waals surface area contributed by atoms with Crippen LogP contribution in [0, 0.1) is 0 Å². The first-order valence-corrected chi connectivity index (χ1v) is 13.8. The molecule has 0 radical (unpaired) electrons. The summed E-state index contributed by atoms with van der Waals surface area (Å²) >= 11 is 0. The molecule has 0 bridgehead atoms. The van der Waals surface area contributed by atoms with Gasteiger partial charge < -0.3 is 24.3 Å². The number of aryl methyl sites for hydroxylation is 2. The molecule has 3 aliphatic rings. The maximum Gasteiger partial charge on any atom is 0.276 e. The molecule has 206 valence electrons. The molecule has 2 aliphatic heterocycles. The molecule has 4 aromatic heterocycles. The molecule has 4 aromatic rings. The SMILES string of the molecule is Cn1cc(-c2ccnc(N3CCn4c(cc5c4CCCC5)C3=O)c2CO)cc(Nc2cc3n(n2)CCOC3)c1=O. The lowest BCUT2D eigenvalue weighted by Crippen LogP contribution is -2.41. The number of aliphatic hydroxyl groups excluding tert-OH is 1. The highest BCUT2D eigenvalue weighted by Crippen LogP contribution is 2.34. The molecule has 7 rings (SSSR count). The lowest BCUT2D eigenvalue weighted by atomic mass is 9.98. The number of rotatable bonds is 5. The minimum absolute atomic E-state index is 0.101. The van der Waals surface area contributed by atoms with Crippen molar-refractivity contribution in [1.82, 2.24) is 23.9 Å². The summed E-state index contributed by atoms with van der Waals surface area (Å²) in [6.07, 6.45) is 7.71. The minimum Gasteiger partial charge on any atom is -0.392 e. The first-order chi connectivity index (χ1) is 19.5. The van der Waals surface area contributed by atoms with E-state index in [1.54, 1.807) is 36.5 Å². The smallest absolute Gasteiger partial charge is 0.276 e. The standard InChI is InChI=1S/C29H31N7O4/c1-33-15-19(12-23(28(33)38)31-26-14-20-17-40-11-10-36(20)32-26)21-6-7-30-27(22(21)16-37)35-9-8-34-24-5-3-2-4-18(24)13-25(34)29(35)39/h6-7,12-15,37H,2-5,8-11,16-17H2,1H3,(H,31,32). The molecule has 0 aromatic carbocycles. The number of pyridine rings is 2. The Kier molecular flexibility index (Phi) is 6.05. The molecule has 0 saturated heterocycles. The van der Waals surface area contributed by atoms with Crippen molar-refractivity contribution in [3.05, 3.63) is 75.2 Å². The second-order valence-corrected chi connectivity index (χ2v) is 10.6. The zero-order valence-corrected chi connectivity index (χ0v) is 22.4. The maximum absolute atomic E-state index is 13.7. The Hall–Kier alpha value is -4.22. The van der Waals surface area contributed by atoms with E-state index in [0.717, 1.165) is 31.4 Å². The van der Waals surface area contributed by atoms with E-state index < -0.39 is 0 Å². The highest BCUT2D eigenvalue weighted by molar-refractivity contribution is 6.06. The Bertz CT molecular complexity index is 1680. The lowest BCUT2D eigenvalue weighted by Gasteiger charge is -2.30. The van der Waals surface area contributed by atoms with Gasteiger partial charge in [-0.15, -0.1) is 0 Å². The molecule has 0 spiro atoms. The third-order valence-corrected chi connectivity index (χ3v) is 8.18.